The van der Waals surface area contributed by atoms with Crippen molar-refractivity contribution in [3.8, 4) is 0 Å². The first-order valence-corrected chi connectivity index (χ1v) is 4.91. The van der Waals surface area contributed by atoms with E-state index in [1.807, 2.05) is 29.9 Å². The van der Waals surface area contributed by atoms with Crippen LogP contribution in [0.5, 0.6) is 0 Å². The second-order valence-corrected chi connectivity index (χ2v) is 3.45. The van der Waals surface area contributed by atoms with Crippen molar-refractivity contribution in [1.82, 2.24) is 14.3 Å². The Balaban J connectivity index is 2.05. The predicted molar refractivity (Wildman–Crippen MR) is 57.7 cm³/mol. The van der Waals surface area contributed by atoms with Crippen molar-refractivity contribution in [3.63, 3.8) is 0 Å². The first-order chi connectivity index (χ1) is 7.25. The van der Waals surface area contributed by atoms with Crippen LogP contribution in [0.25, 0.3) is 0 Å². The molecule has 0 aromatic carbocycles. The highest BCUT2D eigenvalue weighted by Gasteiger charge is 1.96. The zero-order valence-corrected chi connectivity index (χ0v) is 8.63. The van der Waals surface area contributed by atoms with Gasteiger partial charge in [-0.1, -0.05) is 6.07 Å². The fourth-order valence-corrected chi connectivity index (χ4v) is 1.44. The third-order valence-electron chi connectivity index (χ3n) is 2.24. The first kappa shape index (κ1) is 9.71. The smallest absolute Gasteiger partial charge is 0.250 e. The van der Waals surface area contributed by atoms with E-state index in [1.54, 1.807) is 22.9 Å². The standard InChI is InChI=1S/C11H13N3O/c1-10-5-7-14(12-10)9-8-13-6-3-2-4-11(13)15/h2-7H,8-9H2,1H3. The average Bonchev–Trinajstić information content (AvgIpc) is 2.63. The highest BCUT2D eigenvalue weighted by Crippen LogP contribution is 1.93. The minimum absolute atomic E-state index is 0.0291. The van der Waals surface area contributed by atoms with E-state index in [0.717, 1.165) is 12.2 Å². The summed E-state index contributed by atoms with van der Waals surface area (Å²) in [5.74, 6) is 0. The maximum atomic E-state index is 11.4. The van der Waals surface area contributed by atoms with E-state index in [2.05, 4.69) is 5.10 Å². The number of hydrogen-bond acceptors (Lipinski definition) is 2. The monoisotopic (exact) mass is 203 g/mol. The number of pyridine rings is 1. The van der Waals surface area contributed by atoms with Crippen molar-refractivity contribution in [2.24, 2.45) is 0 Å². The molecule has 2 aromatic heterocycles. The zero-order valence-electron chi connectivity index (χ0n) is 8.63. The Morgan fingerprint density at radius 3 is 2.73 bits per heavy atom. The summed E-state index contributed by atoms with van der Waals surface area (Å²) in [4.78, 5) is 11.4. The Morgan fingerprint density at radius 2 is 2.07 bits per heavy atom. The Kier molecular flexibility index (Phi) is 2.67. The molecule has 0 N–H and O–H groups in total. The summed E-state index contributed by atoms with van der Waals surface area (Å²) in [6.07, 6.45) is 3.71. The normalized spacial score (nSPS) is 10.5. The van der Waals surface area contributed by atoms with Crippen molar-refractivity contribution in [3.05, 3.63) is 52.7 Å². The van der Waals surface area contributed by atoms with Crippen molar-refractivity contribution in [2.45, 2.75) is 20.0 Å². The molecule has 0 saturated heterocycles. The molecule has 2 heterocycles. The van der Waals surface area contributed by atoms with E-state index in [1.165, 1.54) is 0 Å². The lowest BCUT2D eigenvalue weighted by Gasteiger charge is -2.04. The van der Waals surface area contributed by atoms with Gasteiger partial charge in [0.1, 0.15) is 0 Å². The van der Waals surface area contributed by atoms with Crippen LogP contribution in [0, 0.1) is 6.92 Å². The van der Waals surface area contributed by atoms with Gasteiger partial charge in [-0.25, -0.2) is 0 Å². The lowest BCUT2D eigenvalue weighted by molar-refractivity contribution is 0.521. The maximum Gasteiger partial charge on any atom is 0.250 e. The molecule has 0 radical (unpaired) electrons. The molecule has 0 atom stereocenters. The van der Waals surface area contributed by atoms with Crippen molar-refractivity contribution in [1.29, 1.82) is 0 Å². The molecule has 4 nitrogen and oxygen atoms in total. The SMILES string of the molecule is Cc1ccn(CCn2ccccc2=O)n1. The molecule has 4 heteroatoms. The van der Waals surface area contributed by atoms with Gasteiger partial charge in [0.05, 0.1) is 12.2 Å². The Hall–Kier alpha value is -1.84. The van der Waals surface area contributed by atoms with E-state index < -0.39 is 0 Å². The summed E-state index contributed by atoms with van der Waals surface area (Å²) in [5.41, 5.74) is 1.02. The molecule has 0 saturated carbocycles. The second-order valence-electron chi connectivity index (χ2n) is 3.45. The first-order valence-electron chi connectivity index (χ1n) is 4.91. The van der Waals surface area contributed by atoms with Crippen LogP contribution in [0.1, 0.15) is 5.69 Å². The number of aromatic nitrogens is 3. The van der Waals surface area contributed by atoms with E-state index >= 15 is 0 Å². The van der Waals surface area contributed by atoms with E-state index in [0.29, 0.717) is 6.54 Å². The van der Waals surface area contributed by atoms with Gasteiger partial charge in [-0.05, 0) is 19.1 Å². The second kappa shape index (κ2) is 4.13. The minimum Gasteiger partial charge on any atom is -0.314 e. The maximum absolute atomic E-state index is 11.4. The highest BCUT2D eigenvalue weighted by atomic mass is 16.1. The molecule has 0 unspecified atom stereocenters. The molecular weight excluding hydrogens is 190 g/mol. The van der Waals surface area contributed by atoms with Crippen LogP contribution in [0.4, 0.5) is 0 Å². The molecule has 2 rings (SSSR count). The summed E-state index contributed by atoms with van der Waals surface area (Å²) < 4.78 is 3.52. The Labute approximate surface area is 87.8 Å². The topological polar surface area (TPSA) is 39.8 Å². The van der Waals surface area contributed by atoms with Gasteiger partial charge < -0.3 is 4.57 Å². The largest absolute Gasteiger partial charge is 0.314 e. The number of nitrogens with zero attached hydrogens (tertiary/aromatic N) is 3. The highest BCUT2D eigenvalue weighted by molar-refractivity contribution is 4.95. The Bertz CT molecular complexity index is 498. The summed E-state index contributed by atoms with van der Waals surface area (Å²) in [7, 11) is 0. The molecule has 0 fully saturated rings. The minimum atomic E-state index is 0.0291. The summed E-state index contributed by atoms with van der Waals surface area (Å²) in [6, 6.07) is 7.12. The Morgan fingerprint density at radius 1 is 1.20 bits per heavy atom. The molecule has 0 amide bonds. The zero-order chi connectivity index (χ0) is 10.7. The van der Waals surface area contributed by atoms with E-state index in [9.17, 15) is 4.79 Å². The fraction of sp³-hybridized carbons (Fsp3) is 0.273. The average molecular weight is 203 g/mol. The fourth-order valence-electron chi connectivity index (χ4n) is 1.44. The lowest BCUT2D eigenvalue weighted by atomic mass is 10.4. The van der Waals surface area contributed by atoms with Gasteiger partial charge in [-0.3, -0.25) is 9.48 Å². The molecule has 78 valence electrons. The molecule has 2 aromatic rings. The van der Waals surface area contributed by atoms with Crippen molar-refractivity contribution < 1.29 is 0 Å². The van der Waals surface area contributed by atoms with Crippen molar-refractivity contribution in [2.75, 3.05) is 0 Å². The van der Waals surface area contributed by atoms with E-state index in [-0.39, 0.29) is 5.56 Å². The van der Waals surface area contributed by atoms with Crippen LogP contribution in [-0.2, 0) is 13.1 Å². The summed E-state index contributed by atoms with van der Waals surface area (Å²) in [5, 5.41) is 4.26. The quantitative estimate of drug-likeness (QED) is 0.748. The third kappa shape index (κ3) is 2.34. The van der Waals surface area contributed by atoms with Gasteiger partial charge in [-0.2, -0.15) is 5.10 Å². The molecular formula is C11H13N3O. The lowest BCUT2D eigenvalue weighted by Crippen LogP contribution is -2.20. The molecule has 0 aliphatic heterocycles. The van der Waals surface area contributed by atoms with Crippen molar-refractivity contribution >= 4 is 0 Å². The van der Waals surface area contributed by atoms with E-state index in [4.69, 9.17) is 0 Å². The van der Waals surface area contributed by atoms with Crippen LogP contribution >= 0.6 is 0 Å². The molecule has 0 bridgehead atoms. The summed E-state index contributed by atoms with van der Waals surface area (Å²) >= 11 is 0. The molecule has 0 spiro atoms. The van der Waals surface area contributed by atoms with Gasteiger partial charge in [0.25, 0.3) is 5.56 Å². The van der Waals surface area contributed by atoms with Gasteiger partial charge in [0, 0.05) is 25.0 Å². The third-order valence-corrected chi connectivity index (χ3v) is 2.24. The van der Waals surface area contributed by atoms with Crippen LogP contribution in [0.15, 0.2) is 41.5 Å². The van der Waals surface area contributed by atoms with Gasteiger partial charge in [0.15, 0.2) is 0 Å². The van der Waals surface area contributed by atoms with Crippen LogP contribution < -0.4 is 5.56 Å². The van der Waals surface area contributed by atoms with Gasteiger partial charge >= 0.3 is 0 Å². The molecule has 15 heavy (non-hydrogen) atoms. The van der Waals surface area contributed by atoms with Crippen LogP contribution in [0.3, 0.4) is 0 Å². The molecule has 0 aliphatic carbocycles. The number of hydrogen-bond donors (Lipinski definition) is 0. The van der Waals surface area contributed by atoms with Gasteiger partial charge in [0.2, 0.25) is 0 Å². The van der Waals surface area contributed by atoms with Gasteiger partial charge in [-0.15, -0.1) is 0 Å². The predicted octanol–water partition coefficient (Wildman–Crippen LogP) is 1.05. The number of aryl methyl sites for hydroxylation is 3. The molecule has 0 aliphatic rings. The number of rotatable bonds is 3. The van der Waals surface area contributed by atoms with Crippen LogP contribution in [0.2, 0.25) is 0 Å². The summed E-state index contributed by atoms with van der Waals surface area (Å²) in [6.45, 7) is 3.32. The van der Waals surface area contributed by atoms with Crippen LogP contribution in [-0.4, -0.2) is 14.3 Å².